The van der Waals surface area contributed by atoms with Gasteiger partial charge < -0.3 is 15.3 Å². The second kappa shape index (κ2) is 10.5. The molecule has 3 heteroatoms. The second-order valence-electron chi connectivity index (χ2n) is 5.93. The van der Waals surface area contributed by atoms with Gasteiger partial charge in [0.2, 0.25) is 0 Å². The fraction of sp³-hybridized carbons (Fsp3) is 0.667. The lowest BCUT2D eigenvalue weighted by molar-refractivity contribution is 0.151. The van der Waals surface area contributed by atoms with Gasteiger partial charge in [-0.05, 0) is 37.0 Å². The maximum atomic E-state index is 9.96. The molecule has 0 spiro atoms. The number of aliphatic hydroxyl groups is 1. The minimum Gasteiger partial charge on any atom is -0.504 e. The highest BCUT2D eigenvalue weighted by Crippen LogP contribution is 2.25. The first kappa shape index (κ1) is 17.8. The smallest absolute Gasteiger partial charge is 0.157 e. The standard InChI is InChI=1S/C18H30O3/c1-2-3-4-5-6-7-8-9-16(19)12-10-15-11-13-17(20)18(21)14-15/h11,13-14,16,19-21H,2-10,12H2,1H3. The van der Waals surface area contributed by atoms with Gasteiger partial charge in [-0.25, -0.2) is 0 Å². The van der Waals surface area contributed by atoms with Crippen molar-refractivity contribution in [3.05, 3.63) is 23.8 Å². The Bertz CT molecular complexity index is 390. The number of hydrogen-bond acceptors (Lipinski definition) is 3. The van der Waals surface area contributed by atoms with Crippen LogP contribution in [0.4, 0.5) is 0 Å². The molecule has 0 aliphatic carbocycles. The predicted octanol–water partition coefficient (Wildman–Crippen LogP) is 4.53. The molecule has 0 saturated heterocycles. The first-order chi connectivity index (χ1) is 10.1. The Balaban J connectivity index is 2.08. The van der Waals surface area contributed by atoms with Crippen molar-refractivity contribution in [2.45, 2.75) is 77.2 Å². The van der Waals surface area contributed by atoms with E-state index in [1.54, 1.807) is 12.1 Å². The molecule has 3 N–H and O–H groups in total. The van der Waals surface area contributed by atoms with Crippen LogP contribution in [0.3, 0.4) is 0 Å². The minimum absolute atomic E-state index is 0.0888. The number of phenolic OH excluding ortho intramolecular Hbond substituents is 2. The molecule has 0 amide bonds. The summed E-state index contributed by atoms with van der Waals surface area (Å²) in [7, 11) is 0. The van der Waals surface area contributed by atoms with Crippen LogP contribution < -0.4 is 0 Å². The van der Waals surface area contributed by atoms with Crippen molar-refractivity contribution < 1.29 is 15.3 Å². The van der Waals surface area contributed by atoms with Crippen molar-refractivity contribution in [2.24, 2.45) is 0 Å². The summed E-state index contributed by atoms with van der Waals surface area (Å²) in [6, 6.07) is 4.85. The molecule has 0 heterocycles. The molecule has 0 fully saturated rings. The molecule has 0 bridgehead atoms. The Morgan fingerprint density at radius 2 is 1.52 bits per heavy atom. The van der Waals surface area contributed by atoms with Gasteiger partial charge in [-0.3, -0.25) is 0 Å². The SMILES string of the molecule is CCCCCCCCCC(O)CCc1ccc(O)c(O)c1. The molecule has 0 aliphatic rings. The zero-order chi connectivity index (χ0) is 15.5. The zero-order valence-corrected chi connectivity index (χ0v) is 13.2. The highest BCUT2D eigenvalue weighted by molar-refractivity contribution is 5.40. The van der Waals surface area contributed by atoms with Crippen molar-refractivity contribution in [3.8, 4) is 11.5 Å². The third-order valence-corrected chi connectivity index (χ3v) is 3.95. The van der Waals surface area contributed by atoms with Crippen LogP contribution in [0.5, 0.6) is 11.5 Å². The quantitative estimate of drug-likeness (QED) is 0.415. The first-order valence-corrected chi connectivity index (χ1v) is 8.32. The van der Waals surface area contributed by atoms with E-state index in [-0.39, 0.29) is 17.6 Å². The first-order valence-electron chi connectivity index (χ1n) is 8.32. The number of rotatable bonds is 11. The molecule has 0 aliphatic heterocycles. The van der Waals surface area contributed by atoms with Gasteiger partial charge in [0.1, 0.15) is 0 Å². The number of aliphatic hydroxyl groups excluding tert-OH is 1. The monoisotopic (exact) mass is 294 g/mol. The van der Waals surface area contributed by atoms with Crippen molar-refractivity contribution >= 4 is 0 Å². The summed E-state index contributed by atoms with van der Waals surface area (Å²) in [6.45, 7) is 2.23. The van der Waals surface area contributed by atoms with Crippen molar-refractivity contribution in [2.75, 3.05) is 0 Å². The van der Waals surface area contributed by atoms with Crippen molar-refractivity contribution in [3.63, 3.8) is 0 Å². The molecule has 1 aromatic carbocycles. The van der Waals surface area contributed by atoms with Crippen LogP contribution in [0, 0.1) is 0 Å². The lowest BCUT2D eigenvalue weighted by Crippen LogP contribution is -2.07. The molecule has 21 heavy (non-hydrogen) atoms. The van der Waals surface area contributed by atoms with Crippen molar-refractivity contribution in [1.82, 2.24) is 0 Å². The fourth-order valence-electron chi connectivity index (χ4n) is 2.54. The van der Waals surface area contributed by atoms with Crippen LogP contribution in [-0.2, 0) is 6.42 Å². The number of hydrogen-bond donors (Lipinski definition) is 3. The highest BCUT2D eigenvalue weighted by Gasteiger charge is 2.06. The van der Waals surface area contributed by atoms with Crippen LogP contribution in [-0.4, -0.2) is 21.4 Å². The van der Waals surface area contributed by atoms with Gasteiger partial charge in [-0.1, -0.05) is 57.9 Å². The van der Waals surface area contributed by atoms with Gasteiger partial charge in [0.15, 0.2) is 11.5 Å². The van der Waals surface area contributed by atoms with Gasteiger partial charge in [0.05, 0.1) is 6.10 Å². The summed E-state index contributed by atoms with van der Waals surface area (Å²) in [4.78, 5) is 0. The molecule has 0 radical (unpaired) electrons. The average Bonchev–Trinajstić information content (AvgIpc) is 2.47. The number of benzene rings is 1. The molecule has 1 rings (SSSR count). The molecular formula is C18H30O3. The van der Waals surface area contributed by atoms with Crippen LogP contribution in [0.2, 0.25) is 0 Å². The third kappa shape index (κ3) is 7.96. The van der Waals surface area contributed by atoms with E-state index in [0.717, 1.165) is 24.8 Å². The Labute approximate surface area is 128 Å². The Hall–Kier alpha value is -1.22. The fourth-order valence-corrected chi connectivity index (χ4v) is 2.54. The second-order valence-corrected chi connectivity index (χ2v) is 5.93. The van der Waals surface area contributed by atoms with E-state index in [2.05, 4.69) is 6.92 Å². The zero-order valence-electron chi connectivity index (χ0n) is 13.2. The van der Waals surface area contributed by atoms with E-state index in [1.165, 1.54) is 44.6 Å². The molecule has 3 nitrogen and oxygen atoms in total. The predicted molar refractivity (Wildman–Crippen MR) is 86.7 cm³/mol. The van der Waals surface area contributed by atoms with Crippen LogP contribution in [0.25, 0.3) is 0 Å². The number of aryl methyl sites for hydroxylation is 1. The van der Waals surface area contributed by atoms with Gasteiger partial charge in [0, 0.05) is 0 Å². The molecule has 0 saturated carbocycles. The number of phenols is 2. The number of unbranched alkanes of at least 4 members (excludes halogenated alkanes) is 6. The Morgan fingerprint density at radius 3 is 2.19 bits per heavy atom. The molecule has 1 aromatic rings. The summed E-state index contributed by atoms with van der Waals surface area (Å²) in [5.41, 5.74) is 0.948. The topological polar surface area (TPSA) is 60.7 Å². The van der Waals surface area contributed by atoms with Crippen LogP contribution in [0.15, 0.2) is 18.2 Å². The molecule has 1 atom stereocenters. The lowest BCUT2D eigenvalue weighted by atomic mass is 10.0. The van der Waals surface area contributed by atoms with Crippen LogP contribution in [0.1, 0.15) is 70.3 Å². The Morgan fingerprint density at radius 1 is 0.857 bits per heavy atom. The maximum absolute atomic E-state index is 9.96. The van der Waals surface area contributed by atoms with E-state index >= 15 is 0 Å². The maximum Gasteiger partial charge on any atom is 0.157 e. The minimum atomic E-state index is -0.267. The summed E-state index contributed by atoms with van der Waals surface area (Å²) >= 11 is 0. The summed E-state index contributed by atoms with van der Waals surface area (Å²) < 4.78 is 0. The van der Waals surface area contributed by atoms with E-state index < -0.39 is 0 Å². The average molecular weight is 294 g/mol. The summed E-state index contributed by atoms with van der Waals surface area (Å²) in [6.07, 6.45) is 10.9. The van der Waals surface area contributed by atoms with Gasteiger partial charge in [0.25, 0.3) is 0 Å². The molecule has 120 valence electrons. The van der Waals surface area contributed by atoms with Crippen molar-refractivity contribution in [1.29, 1.82) is 0 Å². The number of aromatic hydroxyl groups is 2. The van der Waals surface area contributed by atoms with E-state index in [4.69, 9.17) is 0 Å². The molecular weight excluding hydrogens is 264 g/mol. The largest absolute Gasteiger partial charge is 0.504 e. The lowest BCUT2D eigenvalue weighted by Gasteiger charge is -2.11. The molecule has 0 aromatic heterocycles. The van der Waals surface area contributed by atoms with Gasteiger partial charge in [-0.15, -0.1) is 0 Å². The van der Waals surface area contributed by atoms with E-state index in [9.17, 15) is 15.3 Å². The normalized spacial score (nSPS) is 12.5. The van der Waals surface area contributed by atoms with E-state index in [0.29, 0.717) is 6.42 Å². The third-order valence-electron chi connectivity index (χ3n) is 3.95. The van der Waals surface area contributed by atoms with Gasteiger partial charge >= 0.3 is 0 Å². The molecule has 1 unspecified atom stereocenters. The highest BCUT2D eigenvalue weighted by atomic mass is 16.3. The van der Waals surface area contributed by atoms with Crippen LogP contribution >= 0.6 is 0 Å². The van der Waals surface area contributed by atoms with Gasteiger partial charge in [-0.2, -0.15) is 0 Å². The Kier molecular flexibility index (Phi) is 8.91. The summed E-state index contributed by atoms with van der Waals surface area (Å²) in [5, 5.41) is 28.6. The van der Waals surface area contributed by atoms with E-state index in [1.807, 2.05) is 0 Å². The summed E-state index contributed by atoms with van der Waals surface area (Å²) in [5.74, 6) is -0.184.